The maximum atomic E-state index is 12.5. The number of carboxylic acids is 2. The summed E-state index contributed by atoms with van der Waals surface area (Å²) in [5.74, 6) is -4.91. The summed E-state index contributed by atoms with van der Waals surface area (Å²) >= 11 is 0. The number of ether oxygens (including phenoxy) is 1. The lowest BCUT2D eigenvalue weighted by Crippen LogP contribution is -2.62. The number of carbonyl (C=O) groups excluding carboxylic acids is 2. The SMILES string of the molecule is N[C@@](CC(=O)O)(NC(=O)CCCNC(=O)[C@H]1O[C@@H](n2cnc3c(=O)[nH]cnc32)[C@@H](O)[C@H]1O)C(=O)O. The maximum absolute atomic E-state index is 12.5. The van der Waals surface area contributed by atoms with Gasteiger partial charge in [0.15, 0.2) is 29.2 Å². The summed E-state index contributed by atoms with van der Waals surface area (Å²) in [5.41, 5.74) is 2.44. The van der Waals surface area contributed by atoms with E-state index in [1.807, 2.05) is 5.32 Å². The number of carbonyl (C=O) groups is 4. The van der Waals surface area contributed by atoms with Crippen LogP contribution >= 0.6 is 0 Å². The summed E-state index contributed by atoms with van der Waals surface area (Å²) in [5, 5.41) is 42.8. The van der Waals surface area contributed by atoms with Crippen molar-refractivity contribution in [2.45, 2.75) is 49.5 Å². The normalized spacial score (nSPS) is 23.5. The number of rotatable bonds is 10. The zero-order valence-corrected chi connectivity index (χ0v) is 17.9. The van der Waals surface area contributed by atoms with Crippen molar-refractivity contribution >= 4 is 34.9 Å². The Bertz CT molecular complexity index is 1200. The maximum Gasteiger partial charge on any atom is 0.345 e. The number of amides is 2. The van der Waals surface area contributed by atoms with Gasteiger partial charge in [0.25, 0.3) is 11.5 Å². The van der Waals surface area contributed by atoms with Crippen LogP contribution in [0.5, 0.6) is 0 Å². The van der Waals surface area contributed by atoms with Gasteiger partial charge in [-0.05, 0) is 6.42 Å². The highest BCUT2D eigenvalue weighted by molar-refractivity contribution is 5.90. The largest absolute Gasteiger partial charge is 0.481 e. The number of carboxylic acid groups (broad SMARTS) is 2. The molecule has 17 heteroatoms. The van der Waals surface area contributed by atoms with Crippen LogP contribution in [0.1, 0.15) is 25.5 Å². The molecule has 1 fully saturated rings. The van der Waals surface area contributed by atoms with Gasteiger partial charge >= 0.3 is 11.9 Å². The number of H-pyrrole nitrogens is 1. The molecule has 2 amide bonds. The van der Waals surface area contributed by atoms with Crippen LogP contribution in [-0.2, 0) is 23.9 Å². The fraction of sp³-hybridized carbons (Fsp3) is 0.500. The quantitative estimate of drug-likeness (QED) is 0.115. The van der Waals surface area contributed by atoms with E-state index in [0.717, 1.165) is 6.33 Å². The van der Waals surface area contributed by atoms with Gasteiger partial charge in [-0.3, -0.25) is 29.5 Å². The number of imidazole rings is 1. The molecule has 17 nitrogen and oxygen atoms in total. The second kappa shape index (κ2) is 10.1. The number of aliphatic carboxylic acids is 2. The first-order valence-electron chi connectivity index (χ1n) is 10.2. The Hall–Kier alpha value is -3.93. The molecule has 2 aromatic rings. The van der Waals surface area contributed by atoms with E-state index in [2.05, 4.69) is 20.3 Å². The van der Waals surface area contributed by atoms with Crippen molar-refractivity contribution < 1.29 is 44.3 Å². The predicted octanol–water partition coefficient (Wildman–Crippen LogP) is -4.03. The predicted molar refractivity (Wildman–Crippen MR) is 111 cm³/mol. The van der Waals surface area contributed by atoms with E-state index in [1.165, 1.54) is 10.9 Å². The lowest BCUT2D eigenvalue weighted by atomic mass is 10.1. The molecule has 9 N–H and O–H groups in total. The van der Waals surface area contributed by atoms with Crippen molar-refractivity contribution in [3.8, 4) is 0 Å². The number of nitrogens with zero attached hydrogens (tertiary/aromatic N) is 3. The monoisotopic (exact) mass is 497 g/mol. The summed E-state index contributed by atoms with van der Waals surface area (Å²) in [4.78, 5) is 68.3. The van der Waals surface area contributed by atoms with E-state index in [9.17, 15) is 34.2 Å². The first kappa shape index (κ1) is 25.7. The van der Waals surface area contributed by atoms with E-state index < -0.39 is 65.9 Å². The highest BCUT2D eigenvalue weighted by atomic mass is 16.6. The molecule has 1 aliphatic heterocycles. The van der Waals surface area contributed by atoms with Gasteiger partial charge in [0, 0.05) is 13.0 Å². The van der Waals surface area contributed by atoms with Crippen LogP contribution in [0.4, 0.5) is 0 Å². The summed E-state index contributed by atoms with van der Waals surface area (Å²) < 4.78 is 6.69. The van der Waals surface area contributed by atoms with Crippen molar-refractivity contribution in [3.05, 3.63) is 23.0 Å². The highest BCUT2D eigenvalue weighted by Crippen LogP contribution is 2.31. The van der Waals surface area contributed by atoms with Gasteiger partial charge in [0.05, 0.1) is 19.1 Å². The Morgan fingerprint density at radius 3 is 2.57 bits per heavy atom. The van der Waals surface area contributed by atoms with Gasteiger partial charge in [-0.15, -0.1) is 0 Å². The summed E-state index contributed by atoms with van der Waals surface area (Å²) in [6.45, 7) is -0.103. The Labute approximate surface area is 194 Å². The number of fused-ring (bicyclic) bond motifs is 1. The molecular weight excluding hydrogens is 474 g/mol. The molecule has 190 valence electrons. The van der Waals surface area contributed by atoms with Crippen LogP contribution in [0.25, 0.3) is 11.2 Å². The number of hydrogen-bond acceptors (Lipinski definition) is 11. The number of aliphatic hydroxyl groups is 2. The van der Waals surface area contributed by atoms with Crippen LogP contribution in [0.2, 0.25) is 0 Å². The van der Waals surface area contributed by atoms with Gasteiger partial charge in [-0.25, -0.2) is 14.8 Å². The fourth-order valence-corrected chi connectivity index (χ4v) is 3.44. The molecule has 0 aromatic carbocycles. The van der Waals surface area contributed by atoms with E-state index in [0.29, 0.717) is 0 Å². The molecule has 0 saturated carbocycles. The molecule has 2 aromatic heterocycles. The van der Waals surface area contributed by atoms with E-state index >= 15 is 0 Å². The molecule has 3 heterocycles. The smallest absolute Gasteiger partial charge is 0.345 e. The molecule has 0 unspecified atom stereocenters. The number of aliphatic hydroxyl groups excluding tert-OH is 2. The Balaban J connectivity index is 1.53. The molecule has 5 atom stereocenters. The molecule has 0 spiro atoms. The lowest BCUT2D eigenvalue weighted by Gasteiger charge is -2.24. The van der Waals surface area contributed by atoms with Crippen LogP contribution in [0, 0.1) is 0 Å². The zero-order valence-electron chi connectivity index (χ0n) is 17.9. The van der Waals surface area contributed by atoms with E-state index in [-0.39, 0.29) is 30.6 Å². The summed E-state index contributed by atoms with van der Waals surface area (Å²) in [6.07, 6.45) is -5.00. The summed E-state index contributed by atoms with van der Waals surface area (Å²) in [7, 11) is 0. The lowest BCUT2D eigenvalue weighted by molar-refractivity contribution is -0.153. The van der Waals surface area contributed by atoms with Crippen LogP contribution in [0.3, 0.4) is 0 Å². The number of nitrogens with two attached hydrogens (primary N) is 1. The van der Waals surface area contributed by atoms with Crippen LogP contribution in [-0.4, -0.2) is 94.2 Å². The Morgan fingerprint density at radius 1 is 1.20 bits per heavy atom. The standard InChI is InChI=1S/C18H23N7O10/c19-18(17(33)34,4-8(27)28)24-7(26)2-1-3-20-15(32)12-10(29)11(30)16(35-12)25-6-23-9-13(25)21-5-22-14(9)31/h5-6,10-12,16,29-30H,1-4,19H2,(H,20,32)(H,24,26)(H,27,28)(H,33,34)(H,21,22,31)/t10-,11+,12+,16-,18+/m1/s1. The van der Waals surface area contributed by atoms with Crippen molar-refractivity contribution in [1.29, 1.82) is 0 Å². The minimum absolute atomic E-state index is 0.00793. The number of nitrogens with one attached hydrogen (secondary N) is 3. The van der Waals surface area contributed by atoms with Crippen molar-refractivity contribution in [2.24, 2.45) is 5.73 Å². The molecular formula is C18H23N7O10. The molecule has 0 aliphatic carbocycles. The van der Waals surface area contributed by atoms with Gasteiger partial charge in [-0.2, -0.15) is 0 Å². The minimum Gasteiger partial charge on any atom is -0.481 e. The second-order valence-electron chi connectivity index (χ2n) is 7.77. The van der Waals surface area contributed by atoms with E-state index in [4.69, 9.17) is 20.7 Å². The molecule has 0 radical (unpaired) electrons. The number of aromatic amines is 1. The van der Waals surface area contributed by atoms with Crippen molar-refractivity contribution in [2.75, 3.05) is 6.54 Å². The third kappa shape index (κ3) is 5.43. The van der Waals surface area contributed by atoms with Crippen LogP contribution < -0.4 is 21.9 Å². The average molecular weight is 497 g/mol. The second-order valence-corrected chi connectivity index (χ2v) is 7.77. The number of hydrogen-bond donors (Lipinski definition) is 8. The molecule has 1 aliphatic rings. The molecule has 0 bridgehead atoms. The Morgan fingerprint density at radius 2 is 1.91 bits per heavy atom. The highest BCUT2D eigenvalue weighted by Gasteiger charge is 2.47. The molecule has 3 rings (SSSR count). The fourth-order valence-electron chi connectivity index (χ4n) is 3.44. The Kier molecular flexibility index (Phi) is 7.44. The zero-order chi connectivity index (χ0) is 25.9. The topological polar surface area (TPSA) is 272 Å². The van der Waals surface area contributed by atoms with Gasteiger partial charge in [0.2, 0.25) is 5.91 Å². The first-order valence-corrected chi connectivity index (χ1v) is 10.2. The summed E-state index contributed by atoms with van der Waals surface area (Å²) in [6, 6.07) is 0. The van der Waals surface area contributed by atoms with Crippen LogP contribution in [0.15, 0.2) is 17.4 Å². The van der Waals surface area contributed by atoms with Gasteiger partial charge in [-0.1, -0.05) is 0 Å². The number of aromatic nitrogens is 4. The van der Waals surface area contributed by atoms with Gasteiger partial charge in [0.1, 0.15) is 12.2 Å². The average Bonchev–Trinajstić information content (AvgIpc) is 3.32. The third-order valence-corrected chi connectivity index (χ3v) is 5.19. The molecule has 1 saturated heterocycles. The van der Waals surface area contributed by atoms with Crippen molar-refractivity contribution in [3.63, 3.8) is 0 Å². The van der Waals surface area contributed by atoms with E-state index in [1.54, 1.807) is 0 Å². The van der Waals surface area contributed by atoms with Crippen molar-refractivity contribution in [1.82, 2.24) is 30.2 Å². The first-order chi connectivity index (χ1) is 16.4. The molecule has 35 heavy (non-hydrogen) atoms. The third-order valence-electron chi connectivity index (χ3n) is 5.19. The van der Waals surface area contributed by atoms with Gasteiger partial charge < -0.3 is 40.8 Å². The minimum atomic E-state index is -2.49.